The molecular weight excluding hydrogens is 456 g/mol. The molecule has 2 heterocycles. The van der Waals surface area contributed by atoms with Crippen molar-refractivity contribution in [2.45, 2.75) is 44.2 Å². The number of thiophene rings is 1. The second-order valence-corrected chi connectivity index (χ2v) is 9.61. The first-order valence-corrected chi connectivity index (χ1v) is 12.9. The normalized spacial score (nSPS) is 21.8. The highest BCUT2D eigenvalue weighted by molar-refractivity contribution is 7.10. The largest absolute Gasteiger partial charge is 0.374 e. The molecule has 0 radical (unpaired) electrons. The Morgan fingerprint density at radius 2 is 1.14 bits per heavy atom. The average Bonchev–Trinajstić information content (AvgIpc) is 3.56. The lowest BCUT2D eigenvalue weighted by Gasteiger charge is -2.25. The topological polar surface area (TPSA) is 36.9 Å². The van der Waals surface area contributed by atoms with Crippen molar-refractivity contribution >= 4 is 11.3 Å². The summed E-state index contributed by atoms with van der Waals surface area (Å²) < 4.78 is 25.7. The number of hydrogen-bond donors (Lipinski definition) is 0. The van der Waals surface area contributed by atoms with Gasteiger partial charge in [0.05, 0.1) is 26.4 Å². The number of rotatable bonds is 11. The Morgan fingerprint density at radius 3 is 1.69 bits per heavy atom. The predicted molar refractivity (Wildman–Crippen MR) is 138 cm³/mol. The van der Waals surface area contributed by atoms with E-state index in [0.717, 1.165) is 21.6 Å². The zero-order chi connectivity index (χ0) is 23.7. The highest BCUT2D eigenvalue weighted by atomic mass is 32.1. The van der Waals surface area contributed by atoms with E-state index in [9.17, 15) is 0 Å². The Labute approximate surface area is 211 Å². The molecule has 0 amide bonds. The number of hydrogen-bond acceptors (Lipinski definition) is 5. The summed E-state index contributed by atoms with van der Waals surface area (Å²) in [5.41, 5.74) is 3.39. The molecule has 0 saturated carbocycles. The molecule has 1 aliphatic heterocycles. The van der Waals surface area contributed by atoms with Crippen LogP contribution < -0.4 is 0 Å². The Kier molecular flexibility index (Phi) is 8.37. The maximum absolute atomic E-state index is 6.58. The minimum atomic E-state index is -0.262. The first kappa shape index (κ1) is 23.9. The number of benzene rings is 3. The van der Waals surface area contributed by atoms with Gasteiger partial charge in [-0.1, -0.05) is 97.1 Å². The molecule has 35 heavy (non-hydrogen) atoms. The van der Waals surface area contributed by atoms with Crippen LogP contribution in [0.1, 0.15) is 27.7 Å². The number of ether oxygens (including phenoxy) is 4. The fourth-order valence-corrected chi connectivity index (χ4v) is 5.12. The minimum Gasteiger partial charge on any atom is -0.374 e. The Morgan fingerprint density at radius 1 is 0.600 bits per heavy atom. The Balaban J connectivity index is 1.33. The van der Waals surface area contributed by atoms with Crippen LogP contribution in [0.25, 0.3) is 0 Å². The first-order chi connectivity index (χ1) is 17.4. The molecule has 4 atom stereocenters. The van der Waals surface area contributed by atoms with E-state index in [-0.39, 0.29) is 24.4 Å². The zero-order valence-corrected chi connectivity index (χ0v) is 20.4. The quantitative estimate of drug-likeness (QED) is 0.240. The Bertz CT molecular complexity index is 1120. The summed E-state index contributed by atoms with van der Waals surface area (Å²) in [6.07, 6.45) is -0.954. The van der Waals surface area contributed by atoms with Crippen molar-refractivity contribution in [1.29, 1.82) is 0 Å². The highest BCUT2D eigenvalue weighted by Crippen LogP contribution is 2.40. The molecule has 3 aromatic carbocycles. The molecule has 1 fully saturated rings. The SMILES string of the molecule is c1ccc(COC[C@H]2O[C@H](c3cccs3)[C@H](OCc3ccccc3)[C@@H]2OCc2ccccc2)cc1. The Hall–Kier alpha value is -2.80. The molecule has 0 spiro atoms. The van der Waals surface area contributed by atoms with Crippen molar-refractivity contribution in [3.63, 3.8) is 0 Å². The van der Waals surface area contributed by atoms with Gasteiger partial charge < -0.3 is 18.9 Å². The van der Waals surface area contributed by atoms with Crippen molar-refractivity contribution < 1.29 is 18.9 Å². The van der Waals surface area contributed by atoms with Crippen molar-refractivity contribution in [3.05, 3.63) is 130 Å². The summed E-state index contributed by atoms with van der Waals surface area (Å²) in [4.78, 5) is 1.14. The second-order valence-electron chi connectivity index (χ2n) is 8.63. The molecular formula is C30H30O4S. The third-order valence-electron chi connectivity index (χ3n) is 6.10. The molecule has 4 nitrogen and oxygen atoms in total. The molecule has 1 saturated heterocycles. The van der Waals surface area contributed by atoms with E-state index in [0.29, 0.717) is 26.4 Å². The van der Waals surface area contributed by atoms with Crippen LogP contribution in [0.15, 0.2) is 109 Å². The predicted octanol–water partition coefficient (Wildman–Crippen LogP) is 6.58. The average molecular weight is 487 g/mol. The van der Waals surface area contributed by atoms with E-state index in [1.807, 2.05) is 54.6 Å². The molecule has 4 aromatic rings. The summed E-state index contributed by atoms with van der Waals surface area (Å²) in [5, 5.41) is 2.08. The van der Waals surface area contributed by atoms with Crippen LogP contribution in [0, 0.1) is 0 Å². The van der Waals surface area contributed by atoms with Crippen LogP contribution in [0.5, 0.6) is 0 Å². The minimum absolute atomic E-state index is 0.204. The molecule has 0 N–H and O–H groups in total. The fraction of sp³-hybridized carbons (Fsp3) is 0.267. The van der Waals surface area contributed by atoms with Gasteiger partial charge in [-0.2, -0.15) is 0 Å². The van der Waals surface area contributed by atoms with Crippen LogP contribution >= 0.6 is 11.3 Å². The van der Waals surface area contributed by atoms with Crippen molar-refractivity contribution in [2.24, 2.45) is 0 Å². The molecule has 0 bridgehead atoms. The van der Waals surface area contributed by atoms with Gasteiger partial charge >= 0.3 is 0 Å². The lowest BCUT2D eigenvalue weighted by atomic mass is 10.1. The van der Waals surface area contributed by atoms with Gasteiger partial charge in [0.15, 0.2) is 0 Å². The van der Waals surface area contributed by atoms with Crippen LogP contribution in [0.2, 0.25) is 0 Å². The summed E-state index contributed by atoms with van der Waals surface area (Å²) in [6.45, 7) is 1.96. The fourth-order valence-electron chi connectivity index (χ4n) is 4.33. The van der Waals surface area contributed by atoms with Gasteiger partial charge in [0.25, 0.3) is 0 Å². The van der Waals surface area contributed by atoms with Crippen molar-refractivity contribution in [2.75, 3.05) is 6.61 Å². The van der Waals surface area contributed by atoms with Crippen molar-refractivity contribution in [1.82, 2.24) is 0 Å². The molecule has 1 aromatic heterocycles. The first-order valence-electron chi connectivity index (χ1n) is 12.0. The molecule has 0 aliphatic carbocycles. The van der Waals surface area contributed by atoms with Gasteiger partial charge in [-0.25, -0.2) is 0 Å². The van der Waals surface area contributed by atoms with Crippen LogP contribution in [-0.2, 0) is 38.8 Å². The van der Waals surface area contributed by atoms with E-state index >= 15 is 0 Å². The monoisotopic (exact) mass is 486 g/mol. The summed E-state index contributed by atoms with van der Waals surface area (Å²) in [7, 11) is 0. The van der Waals surface area contributed by atoms with Gasteiger partial charge in [0.2, 0.25) is 0 Å². The van der Waals surface area contributed by atoms with Crippen LogP contribution in [0.3, 0.4) is 0 Å². The third kappa shape index (κ3) is 6.45. The highest BCUT2D eigenvalue weighted by Gasteiger charge is 2.47. The molecule has 0 unspecified atom stereocenters. The summed E-state index contributed by atoms with van der Waals surface area (Å²) in [6, 6.07) is 34.8. The van der Waals surface area contributed by atoms with E-state index in [1.54, 1.807) is 11.3 Å². The summed E-state index contributed by atoms with van der Waals surface area (Å²) in [5.74, 6) is 0. The van der Waals surface area contributed by atoms with Crippen molar-refractivity contribution in [3.8, 4) is 0 Å². The molecule has 5 heteroatoms. The van der Waals surface area contributed by atoms with E-state index < -0.39 is 0 Å². The maximum atomic E-state index is 6.58. The van der Waals surface area contributed by atoms with E-state index in [1.165, 1.54) is 0 Å². The van der Waals surface area contributed by atoms with Crippen LogP contribution in [-0.4, -0.2) is 24.9 Å². The molecule has 5 rings (SSSR count). The van der Waals surface area contributed by atoms with E-state index in [2.05, 4.69) is 53.9 Å². The van der Waals surface area contributed by atoms with Crippen LogP contribution in [0.4, 0.5) is 0 Å². The lowest BCUT2D eigenvalue weighted by Crippen LogP contribution is -2.37. The standard InChI is InChI=1S/C30H30O4S/c1-4-11-23(12-5-1)19-31-22-26-28(32-20-24-13-6-2-7-14-24)30(29(34-26)27-17-10-18-35-27)33-21-25-15-8-3-9-16-25/h1-18,26,28-30H,19-22H2/t26-,28-,29-,30-/m1/s1. The van der Waals surface area contributed by atoms with Gasteiger partial charge in [-0.05, 0) is 28.1 Å². The third-order valence-corrected chi connectivity index (χ3v) is 7.03. The molecule has 180 valence electrons. The second kappa shape index (κ2) is 12.2. The van der Waals surface area contributed by atoms with Gasteiger partial charge in [-0.3, -0.25) is 0 Å². The smallest absolute Gasteiger partial charge is 0.121 e. The van der Waals surface area contributed by atoms with Gasteiger partial charge in [-0.15, -0.1) is 11.3 Å². The maximum Gasteiger partial charge on any atom is 0.121 e. The van der Waals surface area contributed by atoms with Gasteiger partial charge in [0, 0.05) is 4.88 Å². The zero-order valence-electron chi connectivity index (χ0n) is 19.6. The van der Waals surface area contributed by atoms with Gasteiger partial charge in [0.1, 0.15) is 24.4 Å². The molecule has 1 aliphatic rings. The van der Waals surface area contributed by atoms with E-state index in [4.69, 9.17) is 18.9 Å². The summed E-state index contributed by atoms with van der Waals surface area (Å²) >= 11 is 1.68. The lowest BCUT2D eigenvalue weighted by molar-refractivity contribution is -0.0898.